The highest BCUT2D eigenvalue weighted by molar-refractivity contribution is 9.09. The lowest BCUT2D eigenvalue weighted by molar-refractivity contribution is 0.157. The first-order chi connectivity index (χ1) is 9.78. The van der Waals surface area contributed by atoms with Crippen LogP contribution in [-0.4, -0.2) is 27.8 Å². The maximum atomic E-state index is 4.64. The van der Waals surface area contributed by atoms with Crippen LogP contribution in [0.3, 0.4) is 0 Å². The standard InChI is InChI=1S/C17H21BrN2/c1-13-10-14(16-7-2-3-8-17(16)19-13)12-20-9-5-4-6-15(20)11-18/h2-3,7-8,10,15H,4-6,9,11-12H2,1H3. The first kappa shape index (κ1) is 14.0. The van der Waals surface area contributed by atoms with Crippen molar-refractivity contribution in [1.82, 2.24) is 9.88 Å². The summed E-state index contributed by atoms with van der Waals surface area (Å²) < 4.78 is 0. The zero-order chi connectivity index (χ0) is 13.9. The van der Waals surface area contributed by atoms with Crippen LogP contribution in [0.25, 0.3) is 10.9 Å². The Morgan fingerprint density at radius 3 is 3.00 bits per heavy atom. The van der Waals surface area contributed by atoms with Crippen LogP contribution >= 0.6 is 15.9 Å². The summed E-state index contributed by atoms with van der Waals surface area (Å²) in [6.45, 7) is 4.35. The van der Waals surface area contributed by atoms with Gasteiger partial charge < -0.3 is 0 Å². The Morgan fingerprint density at radius 2 is 2.15 bits per heavy atom. The van der Waals surface area contributed by atoms with E-state index in [1.165, 1.54) is 36.8 Å². The number of nitrogens with zero attached hydrogens (tertiary/aromatic N) is 2. The number of para-hydroxylation sites is 1. The van der Waals surface area contributed by atoms with Crippen LogP contribution in [0.5, 0.6) is 0 Å². The number of halogens is 1. The molecule has 0 amide bonds. The van der Waals surface area contributed by atoms with Gasteiger partial charge >= 0.3 is 0 Å². The second kappa shape index (κ2) is 6.23. The van der Waals surface area contributed by atoms with Crippen molar-refractivity contribution in [3.05, 3.63) is 41.6 Å². The van der Waals surface area contributed by atoms with E-state index in [-0.39, 0.29) is 0 Å². The molecule has 3 rings (SSSR count). The predicted octanol–water partition coefficient (Wildman–Crippen LogP) is 4.29. The number of piperidine rings is 1. The van der Waals surface area contributed by atoms with Crippen LogP contribution in [0, 0.1) is 6.92 Å². The Morgan fingerprint density at radius 1 is 1.30 bits per heavy atom. The highest BCUT2D eigenvalue weighted by atomic mass is 79.9. The summed E-state index contributed by atoms with van der Waals surface area (Å²) in [6.07, 6.45) is 4.00. The second-order valence-corrected chi connectivity index (χ2v) is 6.36. The summed E-state index contributed by atoms with van der Waals surface area (Å²) in [5.74, 6) is 0. The molecule has 0 saturated carbocycles. The summed E-state index contributed by atoms with van der Waals surface area (Å²) >= 11 is 3.67. The van der Waals surface area contributed by atoms with E-state index in [1.54, 1.807) is 0 Å². The van der Waals surface area contributed by atoms with E-state index >= 15 is 0 Å². The molecule has 1 aromatic carbocycles. The minimum atomic E-state index is 0.677. The number of alkyl halides is 1. The average molecular weight is 333 g/mol. The van der Waals surface area contributed by atoms with E-state index in [4.69, 9.17) is 0 Å². The fourth-order valence-corrected chi connectivity index (χ4v) is 3.92. The molecule has 0 aliphatic carbocycles. The molecule has 1 aliphatic rings. The van der Waals surface area contributed by atoms with Crippen LogP contribution in [0.1, 0.15) is 30.5 Å². The molecule has 0 radical (unpaired) electrons. The van der Waals surface area contributed by atoms with Crippen LogP contribution in [0.2, 0.25) is 0 Å². The van der Waals surface area contributed by atoms with Crippen molar-refractivity contribution >= 4 is 26.8 Å². The summed E-state index contributed by atoms with van der Waals surface area (Å²) in [7, 11) is 0. The molecular formula is C17H21BrN2. The van der Waals surface area contributed by atoms with E-state index in [2.05, 4.69) is 63.1 Å². The van der Waals surface area contributed by atoms with Gasteiger partial charge in [-0.15, -0.1) is 0 Å². The summed E-state index contributed by atoms with van der Waals surface area (Å²) in [4.78, 5) is 7.27. The van der Waals surface area contributed by atoms with Crippen LogP contribution in [-0.2, 0) is 6.54 Å². The number of likely N-dealkylation sites (tertiary alicyclic amines) is 1. The van der Waals surface area contributed by atoms with Crippen LogP contribution in [0.15, 0.2) is 30.3 Å². The Labute approximate surface area is 129 Å². The molecule has 106 valence electrons. The summed E-state index contributed by atoms with van der Waals surface area (Å²) in [5, 5.41) is 2.38. The van der Waals surface area contributed by atoms with Crippen molar-refractivity contribution in [1.29, 1.82) is 0 Å². The maximum Gasteiger partial charge on any atom is 0.0708 e. The molecule has 1 aliphatic heterocycles. The van der Waals surface area contributed by atoms with Gasteiger partial charge in [-0.25, -0.2) is 0 Å². The number of benzene rings is 1. The highest BCUT2D eigenvalue weighted by Crippen LogP contribution is 2.25. The van der Waals surface area contributed by atoms with E-state index in [0.29, 0.717) is 6.04 Å². The van der Waals surface area contributed by atoms with Crippen molar-refractivity contribution < 1.29 is 0 Å². The lowest BCUT2D eigenvalue weighted by Crippen LogP contribution is -2.40. The van der Waals surface area contributed by atoms with Gasteiger partial charge in [0.15, 0.2) is 0 Å². The van der Waals surface area contributed by atoms with Gasteiger partial charge in [-0.3, -0.25) is 9.88 Å². The number of pyridine rings is 1. The smallest absolute Gasteiger partial charge is 0.0708 e. The molecule has 0 spiro atoms. The van der Waals surface area contributed by atoms with Crippen molar-refractivity contribution in [3.8, 4) is 0 Å². The van der Waals surface area contributed by atoms with Gasteiger partial charge in [0.05, 0.1) is 5.52 Å². The predicted molar refractivity (Wildman–Crippen MR) is 88.3 cm³/mol. The highest BCUT2D eigenvalue weighted by Gasteiger charge is 2.22. The zero-order valence-corrected chi connectivity index (χ0v) is 13.6. The van der Waals surface area contributed by atoms with E-state index in [1.807, 2.05) is 0 Å². The SMILES string of the molecule is Cc1cc(CN2CCCCC2CBr)c2ccccc2n1. The van der Waals surface area contributed by atoms with Crippen molar-refractivity contribution in [3.63, 3.8) is 0 Å². The summed E-state index contributed by atoms with van der Waals surface area (Å²) in [6, 6.07) is 11.4. The number of fused-ring (bicyclic) bond motifs is 1. The van der Waals surface area contributed by atoms with E-state index < -0.39 is 0 Å². The molecule has 1 saturated heterocycles. The molecule has 0 bridgehead atoms. The normalized spacial score (nSPS) is 20.4. The zero-order valence-electron chi connectivity index (χ0n) is 12.0. The van der Waals surface area contributed by atoms with Gasteiger partial charge in [0.25, 0.3) is 0 Å². The largest absolute Gasteiger partial charge is 0.295 e. The topological polar surface area (TPSA) is 16.1 Å². The van der Waals surface area contributed by atoms with Gasteiger partial charge in [0.2, 0.25) is 0 Å². The molecule has 1 aromatic heterocycles. The van der Waals surface area contributed by atoms with Crippen molar-refractivity contribution in [2.45, 2.75) is 38.8 Å². The fourth-order valence-electron chi connectivity index (χ4n) is 3.19. The molecule has 1 unspecified atom stereocenters. The number of aryl methyl sites for hydroxylation is 1. The molecule has 20 heavy (non-hydrogen) atoms. The van der Waals surface area contributed by atoms with Gasteiger partial charge in [0.1, 0.15) is 0 Å². The number of hydrogen-bond acceptors (Lipinski definition) is 2. The van der Waals surface area contributed by atoms with Crippen molar-refractivity contribution in [2.75, 3.05) is 11.9 Å². The lowest BCUT2D eigenvalue weighted by Gasteiger charge is -2.35. The molecular weight excluding hydrogens is 312 g/mol. The first-order valence-corrected chi connectivity index (χ1v) is 8.55. The Hall–Kier alpha value is -0.930. The third kappa shape index (κ3) is 2.89. The van der Waals surface area contributed by atoms with E-state index in [0.717, 1.165) is 23.1 Å². The van der Waals surface area contributed by atoms with Gasteiger partial charge in [0, 0.05) is 29.0 Å². The maximum absolute atomic E-state index is 4.64. The average Bonchev–Trinajstić information content (AvgIpc) is 2.47. The van der Waals surface area contributed by atoms with Gasteiger partial charge in [-0.2, -0.15) is 0 Å². The monoisotopic (exact) mass is 332 g/mol. The lowest BCUT2D eigenvalue weighted by atomic mass is 10.0. The second-order valence-electron chi connectivity index (χ2n) is 5.71. The third-order valence-corrected chi connectivity index (χ3v) is 4.98. The van der Waals surface area contributed by atoms with Crippen molar-refractivity contribution in [2.24, 2.45) is 0 Å². The van der Waals surface area contributed by atoms with E-state index in [9.17, 15) is 0 Å². The molecule has 1 atom stereocenters. The van der Waals surface area contributed by atoms with Gasteiger partial charge in [-0.05, 0) is 44.0 Å². The fraction of sp³-hybridized carbons (Fsp3) is 0.471. The first-order valence-electron chi connectivity index (χ1n) is 7.43. The number of rotatable bonds is 3. The molecule has 3 heteroatoms. The van der Waals surface area contributed by atoms with Gasteiger partial charge in [-0.1, -0.05) is 40.5 Å². The third-order valence-electron chi connectivity index (χ3n) is 4.23. The minimum absolute atomic E-state index is 0.677. The number of aromatic nitrogens is 1. The minimum Gasteiger partial charge on any atom is -0.295 e. The van der Waals surface area contributed by atoms with Crippen LogP contribution < -0.4 is 0 Å². The molecule has 2 nitrogen and oxygen atoms in total. The summed E-state index contributed by atoms with van der Waals surface area (Å²) in [5.41, 5.74) is 3.65. The molecule has 1 fully saturated rings. The molecule has 0 N–H and O–H groups in total. The Balaban J connectivity index is 1.93. The Kier molecular flexibility index (Phi) is 4.37. The molecule has 2 heterocycles. The quantitative estimate of drug-likeness (QED) is 0.779. The molecule has 2 aromatic rings. The Bertz CT molecular complexity index is 597. The number of hydrogen-bond donors (Lipinski definition) is 0. The van der Waals surface area contributed by atoms with Crippen LogP contribution in [0.4, 0.5) is 0 Å².